The largest absolute Gasteiger partial charge is 0.330 e. The van der Waals surface area contributed by atoms with Gasteiger partial charge in [-0.15, -0.1) is 0 Å². The van der Waals surface area contributed by atoms with Gasteiger partial charge in [-0.25, -0.2) is 9.50 Å². The summed E-state index contributed by atoms with van der Waals surface area (Å²) in [5, 5.41) is 4.99. The van der Waals surface area contributed by atoms with Crippen LogP contribution in [0, 0.1) is 5.92 Å². The molecule has 0 radical (unpaired) electrons. The van der Waals surface area contributed by atoms with Crippen LogP contribution in [-0.4, -0.2) is 21.1 Å². The van der Waals surface area contributed by atoms with E-state index in [0.29, 0.717) is 17.5 Å². The lowest BCUT2D eigenvalue weighted by molar-refractivity contribution is 0.573. The van der Waals surface area contributed by atoms with Crippen molar-refractivity contribution in [2.75, 3.05) is 6.54 Å². The van der Waals surface area contributed by atoms with Crippen LogP contribution in [0.4, 0.5) is 0 Å². The van der Waals surface area contributed by atoms with Gasteiger partial charge in [-0.3, -0.25) is 0 Å². The van der Waals surface area contributed by atoms with Gasteiger partial charge in [0, 0.05) is 12.6 Å². The summed E-state index contributed by atoms with van der Waals surface area (Å²) in [6.45, 7) is 2.73. The number of hydrogen-bond acceptors (Lipinski definition) is 3. The fraction of sp³-hybridized carbons (Fsp3) is 0.400. The van der Waals surface area contributed by atoms with Crippen LogP contribution in [-0.2, 0) is 6.42 Å². The molecule has 0 aliphatic rings. The number of aromatic nitrogens is 3. The van der Waals surface area contributed by atoms with Crippen LogP contribution in [0.2, 0.25) is 5.02 Å². The first-order valence-electron chi connectivity index (χ1n) is 4.90. The molecule has 0 saturated carbocycles. The number of nitrogens with two attached hydrogens (primary N) is 1. The van der Waals surface area contributed by atoms with E-state index in [1.807, 2.05) is 12.1 Å². The summed E-state index contributed by atoms with van der Waals surface area (Å²) in [6.07, 6.45) is 2.55. The number of nitrogens with zero attached hydrogens (tertiary/aromatic N) is 3. The number of rotatable bonds is 3. The maximum Gasteiger partial charge on any atom is 0.155 e. The number of pyridine rings is 1. The van der Waals surface area contributed by atoms with E-state index in [2.05, 4.69) is 17.0 Å². The molecule has 2 heterocycles. The molecule has 4 nitrogen and oxygen atoms in total. The Hall–Kier alpha value is -1.13. The highest BCUT2D eigenvalue weighted by molar-refractivity contribution is 6.30. The predicted octanol–water partition coefficient (Wildman–Crippen LogP) is 1.52. The molecule has 2 aromatic rings. The van der Waals surface area contributed by atoms with Gasteiger partial charge < -0.3 is 5.73 Å². The molecule has 1 unspecified atom stereocenters. The third kappa shape index (κ3) is 2.27. The topological polar surface area (TPSA) is 56.2 Å². The minimum absolute atomic E-state index is 0.401. The van der Waals surface area contributed by atoms with Crippen LogP contribution in [0.15, 0.2) is 18.3 Å². The molecule has 2 rings (SSSR count). The fourth-order valence-electron chi connectivity index (χ4n) is 1.39. The van der Waals surface area contributed by atoms with Crippen LogP contribution in [0.5, 0.6) is 0 Å². The average molecular weight is 225 g/mol. The molecule has 15 heavy (non-hydrogen) atoms. The summed E-state index contributed by atoms with van der Waals surface area (Å²) >= 11 is 5.85. The fourth-order valence-corrected chi connectivity index (χ4v) is 1.54. The molecular weight excluding hydrogens is 212 g/mol. The molecule has 0 amide bonds. The van der Waals surface area contributed by atoms with Crippen LogP contribution in [0.25, 0.3) is 5.65 Å². The minimum Gasteiger partial charge on any atom is -0.330 e. The lowest BCUT2D eigenvalue weighted by Gasteiger charge is -2.02. The molecule has 2 aromatic heterocycles. The van der Waals surface area contributed by atoms with Crippen molar-refractivity contribution in [2.45, 2.75) is 13.3 Å². The molecule has 0 aliphatic carbocycles. The Bertz CT molecular complexity index is 465. The monoisotopic (exact) mass is 224 g/mol. The van der Waals surface area contributed by atoms with E-state index in [9.17, 15) is 0 Å². The SMILES string of the molecule is CC(CN)Cc1nc2ccc(Cl)cn2n1. The quantitative estimate of drug-likeness (QED) is 0.860. The van der Waals surface area contributed by atoms with Gasteiger partial charge in [-0.05, 0) is 24.6 Å². The second-order valence-electron chi connectivity index (χ2n) is 3.72. The second kappa shape index (κ2) is 4.16. The summed E-state index contributed by atoms with van der Waals surface area (Å²) in [7, 11) is 0. The van der Waals surface area contributed by atoms with Crippen molar-refractivity contribution in [3.8, 4) is 0 Å². The van der Waals surface area contributed by atoms with Gasteiger partial charge in [0.25, 0.3) is 0 Å². The Labute approximate surface area is 93.1 Å². The third-order valence-electron chi connectivity index (χ3n) is 2.27. The molecule has 0 saturated heterocycles. The van der Waals surface area contributed by atoms with Gasteiger partial charge in [-0.1, -0.05) is 18.5 Å². The lowest BCUT2D eigenvalue weighted by atomic mass is 10.1. The lowest BCUT2D eigenvalue weighted by Crippen LogP contribution is -2.13. The van der Waals surface area contributed by atoms with E-state index < -0.39 is 0 Å². The molecule has 0 spiro atoms. The molecule has 0 aromatic carbocycles. The van der Waals surface area contributed by atoms with Crippen molar-refractivity contribution < 1.29 is 0 Å². The smallest absolute Gasteiger partial charge is 0.155 e. The first kappa shape index (κ1) is 10.4. The highest BCUT2D eigenvalue weighted by Gasteiger charge is 2.07. The Kier molecular flexibility index (Phi) is 2.88. The first-order chi connectivity index (χ1) is 7.19. The van der Waals surface area contributed by atoms with Gasteiger partial charge in [0.15, 0.2) is 11.5 Å². The molecule has 5 heteroatoms. The summed E-state index contributed by atoms with van der Waals surface area (Å²) in [5.41, 5.74) is 6.37. The van der Waals surface area contributed by atoms with Gasteiger partial charge in [0.2, 0.25) is 0 Å². The highest BCUT2D eigenvalue weighted by Crippen LogP contribution is 2.11. The van der Waals surface area contributed by atoms with Gasteiger partial charge in [-0.2, -0.15) is 5.10 Å². The van der Waals surface area contributed by atoms with Crippen molar-refractivity contribution in [3.63, 3.8) is 0 Å². The van der Waals surface area contributed by atoms with Gasteiger partial charge >= 0.3 is 0 Å². The summed E-state index contributed by atoms with van der Waals surface area (Å²) < 4.78 is 1.70. The first-order valence-corrected chi connectivity index (χ1v) is 5.27. The number of halogens is 1. The van der Waals surface area contributed by atoms with Crippen molar-refractivity contribution in [1.29, 1.82) is 0 Å². The van der Waals surface area contributed by atoms with Crippen LogP contribution < -0.4 is 5.73 Å². The zero-order valence-corrected chi connectivity index (χ0v) is 9.28. The van der Waals surface area contributed by atoms with E-state index in [1.54, 1.807) is 10.7 Å². The molecule has 0 bridgehead atoms. The van der Waals surface area contributed by atoms with E-state index >= 15 is 0 Å². The highest BCUT2D eigenvalue weighted by atomic mass is 35.5. The molecule has 1 atom stereocenters. The van der Waals surface area contributed by atoms with E-state index in [1.165, 1.54) is 0 Å². The summed E-state index contributed by atoms with van der Waals surface area (Å²) in [5.74, 6) is 1.22. The number of fused-ring (bicyclic) bond motifs is 1. The van der Waals surface area contributed by atoms with E-state index in [0.717, 1.165) is 17.9 Å². The zero-order chi connectivity index (χ0) is 10.8. The van der Waals surface area contributed by atoms with Crippen molar-refractivity contribution >= 4 is 17.2 Å². The van der Waals surface area contributed by atoms with E-state index in [4.69, 9.17) is 17.3 Å². The maximum absolute atomic E-state index is 5.85. The average Bonchev–Trinajstić information content (AvgIpc) is 2.59. The Morgan fingerprint density at radius 2 is 2.33 bits per heavy atom. The Morgan fingerprint density at radius 3 is 3.07 bits per heavy atom. The zero-order valence-electron chi connectivity index (χ0n) is 8.52. The standard InChI is InChI=1S/C10H13ClN4/c1-7(5-12)4-9-13-10-3-2-8(11)6-15(10)14-9/h2-3,6-7H,4-5,12H2,1H3. The van der Waals surface area contributed by atoms with Crippen molar-refractivity contribution in [3.05, 3.63) is 29.2 Å². The molecule has 0 fully saturated rings. The minimum atomic E-state index is 0.401. The maximum atomic E-state index is 5.85. The van der Waals surface area contributed by atoms with Crippen molar-refractivity contribution in [1.82, 2.24) is 14.6 Å². The van der Waals surface area contributed by atoms with Crippen LogP contribution in [0.3, 0.4) is 0 Å². The number of hydrogen-bond donors (Lipinski definition) is 1. The molecular formula is C10H13ClN4. The molecule has 0 aliphatic heterocycles. The Morgan fingerprint density at radius 1 is 1.53 bits per heavy atom. The second-order valence-corrected chi connectivity index (χ2v) is 4.16. The predicted molar refractivity (Wildman–Crippen MR) is 59.9 cm³/mol. The summed E-state index contributed by atoms with van der Waals surface area (Å²) in [6, 6.07) is 3.66. The molecule has 80 valence electrons. The van der Waals surface area contributed by atoms with Gasteiger partial charge in [0.1, 0.15) is 0 Å². The van der Waals surface area contributed by atoms with Crippen LogP contribution >= 0.6 is 11.6 Å². The van der Waals surface area contributed by atoms with E-state index in [-0.39, 0.29) is 0 Å². The van der Waals surface area contributed by atoms with Crippen molar-refractivity contribution in [2.24, 2.45) is 11.7 Å². The summed E-state index contributed by atoms with van der Waals surface area (Å²) in [4.78, 5) is 4.38. The molecule has 2 N–H and O–H groups in total. The third-order valence-corrected chi connectivity index (χ3v) is 2.50. The normalized spacial score (nSPS) is 13.3. The van der Waals surface area contributed by atoms with Gasteiger partial charge in [0.05, 0.1) is 5.02 Å². The Balaban J connectivity index is 2.30. The van der Waals surface area contributed by atoms with Crippen LogP contribution in [0.1, 0.15) is 12.7 Å².